The molecule has 1 aliphatic carbocycles. The summed E-state index contributed by atoms with van der Waals surface area (Å²) in [5, 5.41) is 10.4. The predicted molar refractivity (Wildman–Crippen MR) is 195 cm³/mol. The fraction of sp³-hybridized carbons (Fsp3) is 0.417. The number of hydrogen-bond acceptors (Lipinski definition) is 11. The second kappa shape index (κ2) is 14.2. The number of nitrogen functional groups attached to an aromatic ring is 1. The van der Waals surface area contributed by atoms with Crippen molar-refractivity contribution in [3.8, 4) is 12.1 Å². The third kappa shape index (κ3) is 6.55. The molecule has 4 N–H and O–H groups in total. The average Bonchev–Trinajstić information content (AvgIpc) is 3.73. The van der Waals surface area contributed by atoms with Gasteiger partial charge in [-0.05, 0) is 37.9 Å². The Morgan fingerprint density at radius 3 is 2.77 bits per heavy atom. The Bertz CT molecular complexity index is 2260. The Balaban J connectivity index is 1.33. The van der Waals surface area contributed by atoms with E-state index in [1.807, 2.05) is 17.9 Å². The molecule has 0 radical (unpaired) electrons. The van der Waals surface area contributed by atoms with E-state index >= 15 is 8.78 Å². The number of alkyl halides is 1. The van der Waals surface area contributed by atoms with Crippen molar-refractivity contribution in [1.29, 1.82) is 5.26 Å². The third-order valence-corrected chi connectivity index (χ3v) is 11.7. The number of hydrogen-bond donors (Lipinski definition) is 2. The smallest absolute Gasteiger partial charge is 0.404 e. The maximum absolute atomic E-state index is 17.2. The molecule has 1 unspecified atom stereocenters. The second-order valence-corrected chi connectivity index (χ2v) is 15.2. The van der Waals surface area contributed by atoms with Crippen molar-refractivity contribution in [2.24, 2.45) is 5.73 Å². The van der Waals surface area contributed by atoms with Crippen molar-refractivity contribution < 1.29 is 32.2 Å². The second-order valence-electron chi connectivity index (χ2n) is 13.7. The highest BCUT2D eigenvalue weighted by Crippen LogP contribution is 2.42. The number of halogens is 4. The van der Waals surface area contributed by atoms with Crippen LogP contribution in [0.3, 0.4) is 0 Å². The number of allylic oxidation sites excluding steroid dienone is 2. The van der Waals surface area contributed by atoms with Crippen LogP contribution in [0.2, 0.25) is 5.02 Å². The Kier molecular flexibility index (Phi) is 9.77. The van der Waals surface area contributed by atoms with Crippen LogP contribution in [0.25, 0.3) is 22.3 Å². The largest absolute Gasteiger partial charge is 0.461 e. The molecule has 3 aliphatic heterocycles. The summed E-state index contributed by atoms with van der Waals surface area (Å²) in [6, 6.07) is 3.05. The number of thiophene rings is 1. The van der Waals surface area contributed by atoms with Crippen LogP contribution in [-0.4, -0.2) is 95.5 Å². The van der Waals surface area contributed by atoms with Gasteiger partial charge in [0.05, 0.1) is 20.7 Å². The number of piperazine rings is 1. The normalized spacial score (nSPS) is 22.8. The van der Waals surface area contributed by atoms with Gasteiger partial charge in [0, 0.05) is 66.8 Å². The molecule has 4 aliphatic rings. The highest BCUT2D eigenvalue weighted by Gasteiger charge is 2.49. The molecular formula is C36H36ClF3N8O4S. The summed E-state index contributed by atoms with van der Waals surface area (Å²) in [5.74, 6) is -1.48. The van der Waals surface area contributed by atoms with Crippen LogP contribution in [0.15, 0.2) is 30.4 Å². The average molecular weight is 769 g/mol. The van der Waals surface area contributed by atoms with E-state index in [9.17, 15) is 19.2 Å². The van der Waals surface area contributed by atoms with E-state index in [1.165, 1.54) is 18.2 Å². The van der Waals surface area contributed by atoms with Crippen molar-refractivity contribution in [1.82, 2.24) is 19.8 Å². The van der Waals surface area contributed by atoms with Crippen LogP contribution in [0.4, 0.5) is 28.8 Å². The Hall–Kier alpha value is -4.85. The minimum Gasteiger partial charge on any atom is -0.461 e. The molecular weight excluding hydrogens is 733 g/mol. The lowest BCUT2D eigenvalue weighted by molar-refractivity contribution is -0.128. The summed E-state index contributed by atoms with van der Waals surface area (Å²) in [5.41, 5.74) is 10.6. The van der Waals surface area contributed by atoms with E-state index in [2.05, 4.69) is 16.5 Å². The number of primary amides is 1. The number of ether oxygens (including phenoxy) is 2. The number of rotatable bonds is 8. The predicted octanol–water partition coefficient (Wildman–Crippen LogP) is 3.82. The SMILES string of the molecule is C=C(COC(N)=O)C(=O)N1CCN(c2nc(OC[C@@]34CCCN3CC(F)C4)nc3c(F)c(C4=c5c(C#N)c(N)sc5=C(F)CC=C4)c(Cl)cc23)[C@@H](C)C1. The summed E-state index contributed by atoms with van der Waals surface area (Å²) in [6.07, 6.45) is 2.87. The topological polar surface area (TPSA) is 164 Å². The summed E-state index contributed by atoms with van der Waals surface area (Å²) in [7, 11) is 0. The van der Waals surface area contributed by atoms with E-state index in [0.717, 1.165) is 30.7 Å². The number of aromatic nitrogens is 2. The van der Waals surface area contributed by atoms with Gasteiger partial charge in [-0.1, -0.05) is 30.3 Å². The maximum Gasteiger partial charge on any atom is 0.404 e. The number of benzene rings is 1. The monoisotopic (exact) mass is 768 g/mol. The number of nitrogens with zero attached hydrogens (tertiary/aromatic N) is 6. The van der Waals surface area contributed by atoms with Gasteiger partial charge < -0.3 is 30.7 Å². The first-order valence-electron chi connectivity index (χ1n) is 17.1. The Morgan fingerprint density at radius 1 is 1.25 bits per heavy atom. The molecule has 17 heteroatoms. The van der Waals surface area contributed by atoms with Gasteiger partial charge in [0.2, 0.25) is 0 Å². The fourth-order valence-corrected chi connectivity index (χ4v) is 9.18. The van der Waals surface area contributed by atoms with Crippen molar-refractivity contribution in [3.63, 3.8) is 0 Å². The number of anilines is 2. The van der Waals surface area contributed by atoms with E-state index in [4.69, 9.17) is 37.5 Å². The summed E-state index contributed by atoms with van der Waals surface area (Å²) >= 11 is 7.81. The van der Waals surface area contributed by atoms with Crippen molar-refractivity contribution in [3.05, 3.63) is 62.1 Å². The van der Waals surface area contributed by atoms with Crippen molar-refractivity contribution >= 4 is 68.1 Å². The summed E-state index contributed by atoms with van der Waals surface area (Å²) < 4.78 is 58.1. The molecule has 0 spiro atoms. The summed E-state index contributed by atoms with van der Waals surface area (Å²) in [6.45, 7) is 7.07. The first kappa shape index (κ1) is 36.5. The molecule has 53 heavy (non-hydrogen) atoms. The molecule has 278 valence electrons. The maximum atomic E-state index is 17.2. The molecule has 2 amide bonds. The molecule has 5 heterocycles. The molecule has 3 saturated heterocycles. The van der Waals surface area contributed by atoms with Gasteiger partial charge in [-0.3, -0.25) is 9.69 Å². The van der Waals surface area contributed by atoms with Gasteiger partial charge in [0.1, 0.15) is 47.6 Å². The van der Waals surface area contributed by atoms with Crippen molar-refractivity contribution in [2.75, 3.05) is 56.6 Å². The standard InChI is InChI=1S/C36H36ClF3N8O4S/c1-18(16-51-34(43)50)33(49)46-9-10-48(19(2)14-46)32-22-11-24(37)27(21-5-3-6-25(39)30-26(21)23(13-41)31(42)53-30)28(40)29(22)44-35(45-32)52-17-36-7-4-8-47(36)15-20(38)12-36/h3,5,11,19-20H,1,4,6-10,12,14-17,42H2,2H3,(H2,43,50)/t19-,20?,36-/m0/s1. The zero-order valence-electron chi connectivity index (χ0n) is 28.8. The van der Waals surface area contributed by atoms with E-state index in [0.29, 0.717) is 18.8 Å². The molecule has 0 bridgehead atoms. The summed E-state index contributed by atoms with van der Waals surface area (Å²) in [4.78, 5) is 39.0. The fourth-order valence-electron chi connectivity index (χ4n) is 7.91. The molecule has 12 nitrogen and oxygen atoms in total. The van der Waals surface area contributed by atoms with Gasteiger partial charge in [0.15, 0.2) is 5.82 Å². The van der Waals surface area contributed by atoms with Gasteiger partial charge in [-0.15, -0.1) is 11.3 Å². The quantitative estimate of drug-likeness (QED) is 0.322. The lowest BCUT2D eigenvalue weighted by Crippen LogP contribution is -2.54. The highest BCUT2D eigenvalue weighted by molar-refractivity contribution is 7.14. The van der Waals surface area contributed by atoms with Crippen molar-refractivity contribution in [2.45, 2.75) is 50.4 Å². The third-order valence-electron chi connectivity index (χ3n) is 10.4. The lowest BCUT2D eigenvalue weighted by Gasteiger charge is -2.41. The van der Waals surface area contributed by atoms with E-state index < -0.39 is 35.4 Å². The lowest BCUT2D eigenvalue weighted by atomic mass is 9.95. The molecule has 1 aromatic carbocycles. The molecule has 2 aromatic heterocycles. The minimum atomic E-state index is -1.03. The molecule has 3 atom stereocenters. The molecule has 7 rings (SSSR count). The van der Waals surface area contributed by atoms with Crippen LogP contribution in [0, 0.1) is 17.1 Å². The Labute approximate surface area is 311 Å². The van der Waals surface area contributed by atoms with Crippen LogP contribution in [0.1, 0.15) is 43.7 Å². The van der Waals surface area contributed by atoms with E-state index in [-0.39, 0.29) is 104 Å². The van der Waals surface area contributed by atoms with Gasteiger partial charge in [0.25, 0.3) is 5.91 Å². The number of carbonyl (C=O) groups is 2. The van der Waals surface area contributed by atoms with Gasteiger partial charge in [-0.25, -0.2) is 18.0 Å². The number of fused-ring (bicyclic) bond motifs is 3. The molecule has 3 aromatic rings. The Morgan fingerprint density at radius 2 is 2.04 bits per heavy atom. The zero-order valence-corrected chi connectivity index (χ0v) is 30.3. The van der Waals surface area contributed by atoms with Crippen LogP contribution >= 0.6 is 22.9 Å². The number of carbonyl (C=O) groups excluding carboxylic acids is 2. The number of nitrogens with two attached hydrogens (primary N) is 2. The number of nitriles is 1. The zero-order chi connectivity index (χ0) is 37.8. The van der Waals surface area contributed by atoms with E-state index in [1.54, 1.807) is 4.90 Å². The first-order chi connectivity index (χ1) is 25.3. The first-order valence-corrected chi connectivity index (χ1v) is 18.3. The highest BCUT2D eigenvalue weighted by atomic mass is 35.5. The van der Waals surface area contributed by atoms with Crippen LogP contribution in [0.5, 0.6) is 6.01 Å². The molecule has 0 saturated carbocycles. The van der Waals surface area contributed by atoms with Gasteiger partial charge >= 0.3 is 12.1 Å². The number of amides is 2. The van der Waals surface area contributed by atoms with Gasteiger partial charge in [-0.2, -0.15) is 15.2 Å². The molecule has 3 fully saturated rings. The van der Waals surface area contributed by atoms with Crippen LogP contribution in [-0.2, 0) is 9.53 Å². The van der Waals surface area contributed by atoms with Crippen LogP contribution < -0.4 is 30.9 Å². The minimum absolute atomic E-state index is 0.0119.